The minimum atomic E-state index is -0.907. The molecule has 4 heteroatoms. The van der Waals surface area contributed by atoms with Gasteiger partial charge in [0.05, 0.1) is 12.2 Å². The van der Waals surface area contributed by atoms with E-state index in [9.17, 15) is 9.90 Å². The van der Waals surface area contributed by atoms with Gasteiger partial charge in [0.2, 0.25) is 0 Å². The van der Waals surface area contributed by atoms with Crippen LogP contribution in [0.15, 0.2) is 30.3 Å². The quantitative estimate of drug-likeness (QED) is 0.751. The number of methoxy groups -OCH3 is 1. The van der Waals surface area contributed by atoms with Gasteiger partial charge in [0.25, 0.3) is 0 Å². The Kier molecular flexibility index (Phi) is 5.78. The summed E-state index contributed by atoms with van der Waals surface area (Å²) in [5.74, 6) is -0.278. The van der Waals surface area contributed by atoms with Crippen LogP contribution in [0.2, 0.25) is 0 Å². The highest BCUT2D eigenvalue weighted by Crippen LogP contribution is 2.32. The van der Waals surface area contributed by atoms with Gasteiger partial charge in [0, 0.05) is 25.5 Å². The zero-order valence-corrected chi connectivity index (χ0v) is 13.1. The summed E-state index contributed by atoms with van der Waals surface area (Å²) < 4.78 is 10.8. The molecule has 0 fully saturated rings. The van der Waals surface area contributed by atoms with Crippen LogP contribution >= 0.6 is 0 Å². The molecular weight excluding hydrogens is 280 g/mol. The maximum absolute atomic E-state index is 11.6. The second-order valence-corrected chi connectivity index (χ2v) is 5.20. The molecule has 118 valence electrons. The zero-order valence-electron chi connectivity index (χ0n) is 13.1. The number of carboxylic acid groups (broad SMARTS) is 1. The predicted molar refractivity (Wildman–Crippen MR) is 86.9 cm³/mol. The first-order valence-corrected chi connectivity index (χ1v) is 7.58. The Labute approximate surface area is 130 Å². The van der Waals surface area contributed by atoms with Crippen molar-refractivity contribution < 1.29 is 19.4 Å². The summed E-state index contributed by atoms with van der Waals surface area (Å²) in [5, 5.41) is 11.4. The summed E-state index contributed by atoms with van der Waals surface area (Å²) in [7, 11) is 1.65. The number of carbonyl (C=O) groups is 1. The highest BCUT2D eigenvalue weighted by Gasteiger charge is 2.16. The second-order valence-electron chi connectivity index (χ2n) is 5.20. The number of fused-ring (bicyclic) bond motifs is 1. The van der Waals surface area contributed by atoms with Crippen LogP contribution in [0.3, 0.4) is 0 Å². The fraction of sp³-hybridized carbons (Fsp3) is 0.389. The number of aryl methyl sites for hydroxylation is 1. The highest BCUT2D eigenvalue weighted by atomic mass is 16.5. The first-order valence-electron chi connectivity index (χ1n) is 7.58. The van der Waals surface area contributed by atoms with Gasteiger partial charge >= 0.3 is 5.97 Å². The van der Waals surface area contributed by atoms with Crippen LogP contribution in [0.1, 0.15) is 35.7 Å². The molecule has 0 spiro atoms. The average molecular weight is 302 g/mol. The van der Waals surface area contributed by atoms with Crippen molar-refractivity contribution in [1.82, 2.24) is 0 Å². The van der Waals surface area contributed by atoms with E-state index in [-0.39, 0.29) is 0 Å². The molecule has 0 aromatic heterocycles. The Balaban J connectivity index is 2.47. The molecule has 4 nitrogen and oxygen atoms in total. The summed E-state index contributed by atoms with van der Waals surface area (Å²) in [5.41, 5.74) is 1.22. The molecule has 0 radical (unpaired) electrons. The predicted octanol–water partition coefficient (Wildman–Crippen LogP) is 3.91. The van der Waals surface area contributed by atoms with Gasteiger partial charge in [-0.3, -0.25) is 0 Å². The molecule has 0 saturated heterocycles. The van der Waals surface area contributed by atoms with E-state index in [1.165, 1.54) is 0 Å². The Morgan fingerprint density at radius 3 is 2.55 bits per heavy atom. The van der Waals surface area contributed by atoms with E-state index >= 15 is 0 Å². The number of hydrogen-bond donors (Lipinski definition) is 1. The van der Waals surface area contributed by atoms with Crippen molar-refractivity contribution in [3.8, 4) is 5.75 Å². The third kappa shape index (κ3) is 3.57. The summed E-state index contributed by atoms with van der Waals surface area (Å²) >= 11 is 0. The minimum Gasteiger partial charge on any atom is -0.493 e. The van der Waals surface area contributed by atoms with Gasteiger partial charge in [-0.25, -0.2) is 4.79 Å². The molecular formula is C18H22O4. The molecule has 2 aromatic carbocycles. The number of ether oxygens (including phenoxy) is 2. The first kappa shape index (κ1) is 16.3. The van der Waals surface area contributed by atoms with Gasteiger partial charge in [-0.05, 0) is 23.4 Å². The third-order valence-corrected chi connectivity index (χ3v) is 3.60. The standard InChI is InChI=1S/C18H22O4/c1-3-7-13-14-8-4-5-9-15(14)17(12-16(13)18(19)20)22-11-6-10-21-2/h4-5,8-9,12H,3,6-7,10-11H2,1-2H3,(H,19,20). The molecule has 0 heterocycles. The molecule has 2 rings (SSSR count). The third-order valence-electron chi connectivity index (χ3n) is 3.60. The lowest BCUT2D eigenvalue weighted by atomic mass is 9.95. The maximum atomic E-state index is 11.6. The number of hydrogen-bond acceptors (Lipinski definition) is 3. The molecule has 1 N–H and O–H groups in total. The summed E-state index contributed by atoms with van der Waals surface area (Å²) in [6.45, 7) is 3.18. The van der Waals surface area contributed by atoms with Gasteiger partial charge in [-0.15, -0.1) is 0 Å². The van der Waals surface area contributed by atoms with Crippen molar-refractivity contribution in [3.63, 3.8) is 0 Å². The molecule has 0 atom stereocenters. The minimum absolute atomic E-state index is 0.335. The molecule has 0 saturated carbocycles. The Morgan fingerprint density at radius 1 is 1.18 bits per heavy atom. The normalized spacial score (nSPS) is 10.8. The SMILES string of the molecule is CCCc1c(C(=O)O)cc(OCCCOC)c2ccccc12. The lowest BCUT2D eigenvalue weighted by Crippen LogP contribution is -2.07. The van der Waals surface area contributed by atoms with Gasteiger partial charge in [-0.2, -0.15) is 0 Å². The van der Waals surface area contributed by atoms with Crippen LogP contribution in [0, 0.1) is 0 Å². The Hall–Kier alpha value is -2.07. The first-order chi connectivity index (χ1) is 10.7. The molecule has 22 heavy (non-hydrogen) atoms. The Morgan fingerprint density at radius 2 is 1.91 bits per heavy atom. The van der Waals surface area contributed by atoms with Crippen LogP contribution in [-0.4, -0.2) is 31.4 Å². The molecule has 0 unspecified atom stereocenters. The molecule has 0 bridgehead atoms. The van der Waals surface area contributed by atoms with Crippen LogP contribution in [0.25, 0.3) is 10.8 Å². The fourth-order valence-corrected chi connectivity index (χ4v) is 2.62. The second kappa shape index (κ2) is 7.80. The molecule has 2 aromatic rings. The molecule has 0 amide bonds. The topological polar surface area (TPSA) is 55.8 Å². The number of benzene rings is 2. The van der Waals surface area contributed by atoms with Crippen LogP contribution in [-0.2, 0) is 11.2 Å². The van der Waals surface area contributed by atoms with Crippen molar-refractivity contribution in [2.45, 2.75) is 26.2 Å². The summed E-state index contributed by atoms with van der Waals surface area (Å²) in [6, 6.07) is 9.48. The lowest BCUT2D eigenvalue weighted by molar-refractivity contribution is 0.0695. The van der Waals surface area contributed by atoms with E-state index in [0.29, 0.717) is 24.5 Å². The fourth-order valence-electron chi connectivity index (χ4n) is 2.62. The zero-order chi connectivity index (χ0) is 15.9. The monoisotopic (exact) mass is 302 g/mol. The van der Waals surface area contributed by atoms with E-state index in [1.54, 1.807) is 13.2 Å². The average Bonchev–Trinajstić information content (AvgIpc) is 2.53. The van der Waals surface area contributed by atoms with Gasteiger partial charge in [0.15, 0.2) is 0 Å². The summed E-state index contributed by atoms with van der Waals surface area (Å²) in [6.07, 6.45) is 2.41. The largest absolute Gasteiger partial charge is 0.493 e. The number of aromatic carboxylic acids is 1. The molecule has 0 aliphatic carbocycles. The number of carboxylic acids is 1. The molecule has 0 aliphatic heterocycles. The van der Waals surface area contributed by atoms with Crippen LogP contribution in [0.5, 0.6) is 5.75 Å². The van der Waals surface area contributed by atoms with Gasteiger partial charge < -0.3 is 14.6 Å². The van der Waals surface area contributed by atoms with Crippen molar-refractivity contribution in [1.29, 1.82) is 0 Å². The van der Waals surface area contributed by atoms with Crippen LogP contribution in [0.4, 0.5) is 0 Å². The summed E-state index contributed by atoms with van der Waals surface area (Å²) in [4.78, 5) is 11.6. The van der Waals surface area contributed by atoms with E-state index in [0.717, 1.165) is 35.6 Å². The molecule has 0 aliphatic rings. The smallest absolute Gasteiger partial charge is 0.336 e. The number of rotatable bonds is 8. The van der Waals surface area contributed by atoms with Crippen molar-refractivity contribution in [2.24, 2.45) is 0 Å². The van der Waals surface area contributed by atoms with E-state index in [4.69, 9.17) is 9.47 Å². The maximum Gasteiger partial charge on any atom is 0.336 e. The van der Waals surface area contributed by atoms with Crippen molar-refractivity contribution >= 4 is 16.7 Å². The van der Waals surface area contributed by atoms with Crippen LogP contribution < -0.4 is 4.74 Å². The van der Waals surface area contributed by atoms with Gasteiger partial charge in [0.1, 0.15) is 5.75 Å². The van der Waals surface area contributed by atoms with E-state index in [1.807, 2.05) is 24.3 Å². The van der Waals surface area contributed by atoms with Crippen molar-refractivity contribution in [2.75, 3.05) is 20.3 Å². The highest BCUT2D eigenvalue weighted by molar-refractivity contribution is 6.01. The van der Waals surface area contributed by atoms with Crippen molar-refractivity contribution in [3.05, 3.63) is 41.5 Å². The lowest BCUT2D eigenvalue weighted by Gasteiger charge is -2.15. The van der Waals surface area contributed by atoms with E-state index < -0.39 is 5.97 Å². The Bertz CT molecular complexity index is 649. The van der Waals surface area contributed by atoms with E-state index in [2.05, 4.69) is 6.92 Å². The van der Waals surface area contributed by atoms with Gasteiger partial charge in [-0.1, -0.05) is 37.6 Å².